The Balaban J connectivity index is 4.20. The molecule has 100 valence electrons. The van der Waals surface area contributed by atoms with Gasteiger partial charge in [0.2, 0.25) is 0 Å². The lowest BCUT2D eigenvalue weighted by Gasteiger charge is -2.23. The number of alkyl halides is 1. The van der Waals surface area contributed by atoms with Crippen LogP contribution in [-0.2, 0) is 14.3 Å². The maximum atomic E-state index is 11.4. The number of hydrogen-bond acceptors (Lipinski definition) is 4. The van der Waals surface area contributed by atoms with Gasteiger partial charge in [0.15, 0.2) is 6.07 Å². The molecular weight excluding hydrogens is 246 g/mol. The predicted molar refractivity (Wildman–Crippen MR) is 64.8 cm³/mol. The SMILES string of the molecule is CC(NC(=O)OC(C)(C)C)C(C)C(=O)OCCl. The fraction of sp³-hybridized carbons (Fsp3) is 0.818. The number of carbonyl (C=O) groups is 2. The fourth-order valence-corrected chi connectivity index (χ4v) is 1.12. The third-order valence-electron chi connectivity index (χ3n) is 2.06. The van der Waals surface area contributed by atoms with Crippen molar-refractivity contribution >= 4 is 23.7 Å². The van der Waals surface area contributed by atoms with Gasteiger partial charge in [-0.15, -0.1) is 0 Å². The van der Waals surface area contributed by atoms with Crippen LogP contribution in [0.15, 0.2) is 0 Å². The number of alkyl carbamates (subject to hydrolysis) is 1. The Kier molecular flexibility index (Phi) is 6.31. The van der Waals surface area contributed by atoms with Crippen LogP contribution in [0.25, 0.3) is 0 Å². The number of nitrogens with one attached hydrogen (secondary N) is 1. The van der Waals surface area contributed by atoms with Crippen molar-refractivity contribution in [2.75, 3.05) is 6.07 Å². The number of amides is 1. The first-order valence-electron chi connectivity index (χ1n) is 5.39. The van der Waals surface area contributed by atoms with Gasteiger partial charge in [-0.25, -0.2) is 4.79 Å². The number of hydrogen-bond donors (Lipinski definition) is 1. The molecule has 0 aromatic heterocycles. The Labute approximate surface area is 107 Å². The summed E-state index contributed by atoms with van der Waals surface area (Å²) in [5.74, 6) is -0.940. The zero-order valence-corrected chi connectivity index (χ0v) is 11.6. The number of rotatable bonds is 4. The molecule has 0 spiro atoms. The molecule has 0 rings (SSSR count). The molecule has 17 heavy (non-hydrogen) atoms. The molecule has 0 aliphatic rings. The summed E-state index contributed by atoms with van der Waals surface area (Å²) < 4.78 is 9.71. The summed E-state index contributed by atoms with van der Waals surface area (Å²) >= 11 is 5.28. The van der Waals surface area contributed by atoms with Gasteiger partial charge in [-0.1, -0.05) is 11.6 Å². The molecule has 0 aromatic rings. The molecule has 1 N–H and O–H groups in total. The highest BCUT2D eigenvalue weighted by Crippen LogP contribution is 2.09. The summed E-state index contributed by atoms with van der Waals surface area (Å²) in [5.41, 5.74) is -0.566. The van der Waals surface area contributed by atoms with E-state index in [1.807, 2.05) is 0 Å². The van der Waals surface area contributed by atoms with E-state index in [4.69, 9.17) is 16.3 Å². The van der Waals surface area contributed by atoms with Crippen molar-refractivity contribution in [1.29, 1.82) is 0 Å². The molecule has 0 aromatic carbocycles. The van der Waals surface area contributed by atoms with Crippen LogP contribution in [-0.4, -0.2) is 29.8 Å². The van der Waals surface area contributed by atoms with Gasteiger partial charge in [0.05, 0.1) is 5.92 Å². The largest absolute Gasteiger partial charge is 0.449 e. The highest BCUT2D eigenvalue weighted by Gasteiger charge is 2.25. The molecular formula is C11H20ClNO4. The van der Waals surface area contributed by atoms with Crippen LogP contribution in [0.3, 0.4) is 0 Å². The van der Waals surface area contributed by atoms with Gasteiger partial charge in [-0.3, -0.25) is 4.79 Å². The zero-order valence-electron chi connectivity index (χ0n) is 10.9. The van der Waals surface area contributed by atoms with Crippen molar-refractivity contribution in [3.05, 3.63) is 0 Å². The topological polar surface area (TPSA) is 64.6 Å². The number of halogens is 1. The van der Waals surface area contributed by atoms with Crippen molar-refractivity contribution in [1.82, 2.24) is 5.32 Å². The van der Waals surface area contributed by atoms with Crippen LogP contribution in [0.1, 0.15) is 34.6 Å². The molecule has 0 fully saturated rings. The van der Waals surface area contributed by atoms with Crippen LogP contribution < -0.4 is 5.32 Å². The van der Waals surface area contributed by atoms with E-state index in [2.05, 4.69) is 10.1 Å². The Morgan fingerprint density at radius 2 is 1.82 bits per heavy atom. The van der Waals surface area contributed by atoms with Crippen LogP contribution in [0, 0.1) is 5.92 Å². The number of esters is 1. The second-order valence-electron chi connectivity index (χ2n) is 4.80. The summed E-state index contributed by atoms with van der Waals surface area (Å²) in [6.07, 6.45) is -0.560. The molecule has 0 aliphatic heterocycles. The first-order chi connectivity index (χ1) is 7.67. The van der Waals surface area contributed by atoms with Crippen LogP contribution in [0.4, 0.5) is 4.79 Å². The van der Waals surface area contributed by atoms with Crippen molar-refractivity contribution < 1.29 is 19.1 Å². The maximum Gasteiger partial charge on any atom is 0.407 e. The van der Waals surface area contributed by atoms with Crippen molar-refractivity contribution in [3.8, 4) is 0 Å². The van der Waals surface area contributed by atoms with Crippen molar-refractivity contribution in [3.63, 3.8) is 0 Å². The highest BCUT2D eigenvalue weighted by molar-refractivity contribution is 6.17. The molecule has 0 aliphatic carbocycles. The van der Waals surface area contributed by atoms with Crippen LogP contribution in [0.2, 0.25) is 0 Å². The van der Waals surface area contributed by atoms with Gasteiger partial charge in [-0.2, -0.15) is 0 Å². The van der Waals surface area contributed by atoms with E-state index in [0.29, 0.717) is 0 Å². The van der Waals surface area contributed by atoms with Gasteiger partial charge < -0.3 is 14.8 Å². The summed E-state index contributed by atoms with van der Waals surface area (Å²) in [6.45, 7) is 8.65. The fourth-order valence-electron chi connectivity index (χ4n) is 1.01. The molecule has 1 amide bonds. The van der Waals surface area contributed by atoms with Gasteiger partial charge in [0, 0.05) is 6.04 Å². The molecule has 2 atom stereocenters. The van der Waals surface area contributed by atoms with E-state index >= 15 is 0 Å². The lowest BCUT2D eigenvalue weighted by atomic mass is 10.0. The minimum Gasteiger partial charge on any atom is -0.449 e. The van der Waals surface area contributed by atoms with E-state index in [1.165, 1.54) is 0 Å². The quantitative estimate of drug-likeness (QED) is 0.626. The summed E-state index contributed by atoms with van der Waals surface area (Å²) in [5, 5.41) is 2.57. The molecule has 0 bridgehead atoms. The number of ether oxygens (including phenoxy) is 2. The summed E-state index contributed by atoms with van der Waals surface area (Å²) in [6, 6.07) is -0.580. The second kappa shape index (κ2) is 6.69. The van der Waals surface area contributed by atoms with Gasteiger partial charge in [0.1, 0.15) is 5.60 Å². The van der Waals surface area contributed by atoms with E-state index in [1.54, 1.807) is 34.6 Å². The van der Waals surface area contributed by atoms with E-state index in [0.717, 1.165) is 0 Å². The van der Waals surface area contributed by atoms with E-state index in [9.17, 15) is 9.59 Å². The van der Waals surface area contributed by atoms with Crippen LogP contribution in [0.5, 0.6) is 0 Å². The van der Waals surface area contributed by atoms with Crippen LogP contribution >= 0.6 is 11.6 Å². The Morgan fingerprint density at radius 1 is 1.29 bits per heavy atom. The average Bonchev–Trinajstić information content (AvgIpc) is 2.13. The lowest BCUT2D eigenvalue weighted by Crippen LogP contribution is -2.43. The Bertz CT molecular complexity index is 275. The lowest BCUT2D eigenvalue weighted by molar-refractivity contribution is -0.146. The van der Waals surface area contributed by atoms with E-state index < -0.39 is 23.6 Å². The van der Waals surface area contributed by atoms with Gasteiger partial charge >= 0.3 is 12.1 Å². The monoisotopic (exact) mass is 265 g/mol. The normalized spacial score (nSPS) is 14.7. The average molecular weight is 266 g/mol. The first kappa shape index (κ1) is 16.0. The molecule has 0 saturated heterocycles. The van der Waals surface area contributed by atoms with E-state index in [-0.39, 0.29) is 12.1 Å². The standard InChI is InChI=1S/C11H20ClNO4/c1-7(9(14)16-6-12)8(2)13-10(15)17-11(3,4)5/h7-8H,6H2,1-5H3,(H,13,15). The minimum absolute atomic E-state index is 0.192. The van der Waals surface area contributed by atoms with Gasteiger partial charge in [0.25, 0.3) is 0 Å². The molecule has 0 radical (unpaired) electrons. The molecule has 6 heteroatoms. The zero-order chi connectivity index (χ0) is 13.6. The maximum absolute atomic E-state index is 11.4. The highest BCUT2D eigenvalue weighted by atomic mass is 35.5. The van der Waals surface area contributed by atoms with Crippen molar-refractivity contribution in [2.45, 2.75) is 46.3 Å². The third kappa shape index (κ3) is 7.05. The second-order valence-corrected chi connectivity index (χ2v) is 5.01. The molecule has 2 unspecified atom stereocenters. The van der Waals surface area contributed by atoms with Gasteiger partial charge in [-0.05, 0) is 34.6 Å². The molecule has 5 nitrogen and oxygen atoms in total. The minimum atomic E-state index is -0.566. The van der Waals surface area contributed by atoms with Crippen molar-refractivity contribution in [2.24, 2.45) is 5.92 Å². The Hall–Kier alpha value is -0.970. The Morgan fingerprint density at radius 3 is 2.24 bits per heavy atom. The smallest absolute Gasteiger partial charge is 0.407 e. The number of carbonyl (C=O) groups excluding carboxylic acids is 2. The molecule has 0 heterocycles. The summed E-state index contributed by atoms with van der Waals surface area (Å²) in [4.78, 5) is 22.8. The first-order valence-corrected chi connectivity index (χ1v) is 5.93. The molecule has 0 saturated carbocycles. The summed E-state index contributed by atoms with van der Waals surface area (Å²) in [7, 11) is 0. The third-order valence-corrected chi connectivity index (χ3v) is 2.17. The predicted octanol–water partition coefficient (Wildman–Crippen LogP) is 2.28.